The van der Waals surface area contributed by atoms with Gasteiger partial charge in [0.2, 0.25) is 0 Å². The number of hydrogen-bond acceptors (Lipinski definition) is 0. The van der Waals surface area contributed by atoms with Crippen LogP contribution in [0.25, 0.3) is 0 Å². The second-order valence-electron chi connectivity index (χ2n) is 2.67. The van der Waals surface area contributed by atoms with Crippen molar-refractivity contribution in [3.05, 3.63) is 19.1 Å². The van der Waals surface area contributed by atoms with Crippen molar-refractivity contribution in [2.45, 2.75) is 45.4 Å². The minimum Gasteiger partial charge on any atom is -1.00 e. The van der Waals surface area contributed by atoms with Crippen LogP contribution in [0.3, 0.4) is 0 Å². The summed E-state index contributed by atoms with van der Waals surface area (Å²) < 4.78 is 0. The van der Waals surface area contributed by atoms with Gasteiger partial charge >= 0.3 is 48.9 Å². The summed E-state index contributed by atoms with van der Waals surface area (Å²) in [6.07, 6.45) is 12.1. The van der Waals surface area contributed by atoms with Crippen LogP contribution in [0.15, 0.2) is 12.2 Å². The van der Waals surface area contributed by atoms with Crippen LogP contribution < -0.4 is 12.4 Å². The Morgan fingerprint density at radius 2 is 1.67 bits per heavy atom. The first-order valence-electron chi connectivity index (χ1n) is 4.36. The normalized spacial score (nSPS) is 9.08. The van der Waals surface area contributed by atoms with Gasteiger partial charge in [0.15, 0.2) is 0 Å². The summed E-state index contributed by atoms with van der Waals surface area (Å²) in [6.45, 7) is 5.88. The van der Waals surface area contributed by atoms with E-state index in [1.54, 1.807) is 0 Å². The van der Waals surface area contributed by atoms with Crippen molar-refractivity contribution in [2.24, 2.45) is 0 Å². The molecule has 0 rings (SSSR count). The van der Waals surface area contributed by atoms with Gasteiger partial charge in [0.1, 0.15) is 0 Å². The molecule has 0 atom stereocenters. The third-order valence-electron chi connectivity index (χ3n) is 1.64. The van der Waals surface area contributed by atoms with E-state index < -0.39 is 0 Å². The van der Waals surface area contributed by atoms with Crippen molar-refractivity contribution < 1.29 is 12.4 Å². The van der Waals surface area contributed by atoms with E-state index in [1.807, 2.05) is 6.08 Å². The van der Waals surface area contributed by atoms with Crippen LogP contribution in [-0.2, 0) is 0 Å². The van der Waals surface area contributed by atoms with E-state index in [2.05, 4.69) is 19.9 Å². The van der Waals surface area contributed by atoms with Crippen molar-refractivity contribution in [3.63, 3.8) is 0 Å². The minimum absolute atomic E-state index is 0. The fourth-order valence-electron chi connectivity index (χ4n) is 0.984. The van der Waals surface area contributed by atoms with Gasteiger partial charge in [-0.15, -0.1) is 6.42 Å². The van der Waals surface area contributed by atoms with Gasteiger partial charge in [-0.05, 0) is 0 Å². The van der Waals surface area contributed by atoms with Gasteiger partial charge in [-0.2, -0.15) is 0 Å². The molecule has 0 aliphatic rings. The molecule has 0 fully saturated rings. The van der Waals surface area contributed by atoms with Crippen LogP contribution in [0.4, 0.5) is 0 Å². The summed E-state index contributed by atoms with van der Waals surface area (Å²) in [7, 11) is 0. The summed E-state index contributed by atoms with van der Waals surface area (Å²) in [5, 5.41) is 0. The Hall–Kier alpha value is 1.47. The predicted molar refractivity (Wildman–Crippen MR) is 53.6 cm³/mol. The number of unbranched alkanes of at least 4 members (excludes halogenated alkanes) is 5. The largest absolute Gasteiger partial charge is 2.00 e. The quantitative estimate of drug-likeness (QED) is 0.377. The topological polar surface area (TPSA) is 0 Å². The Morgan fingerprint density at radius 3 is 2.17 bits per heavy atom. The summed E-state index contributed by atoms with van der Waals surface area (Å²) in [5.41, 5.74) is 0. The third-order valence-corrected chi connectivity index (χ3v) is 1.64. The number of rotatable bonds is 6. The predicted octanol–water partition coefficient (Wildman–Crippen LogP) is 0.360. The monoisotopic (exact) mass is 312 g/mol. The fraction of sp³-hybridized carbons (Fsp3) is 0.700. The molecule has 0 nitrogen and oxygen atoms in total. The molecule has 0 heterocycles. The number of hydrogen-bond donors (Lipinski definition) is 0. The van der Waals surface area contributed by atoms with Crippen molar-refractivity contribution in [1.82, 2.24) is 0 Å². The van der Waals surface area contributed by atoms with Crippen molar-refractivity contribution >= 4 is 48.9 Å². The summed E-state index contributed by atoms with van der Waals surface area (Å²) in [5.74, 6) is 0. The maximum absolute atomic E-state index is 3.64. The van der Waals surface area contributed by atoms with Gasteiger partial charge in [-0.1, -0.05) is 39.0 Å². The summed E-state index contributed by atoms with van der Waals surface area (Å²) >= 11 is 0. The van der Waals surface area contributed by atoms with E-state index in [9.17, 15) is 0 Å². The van der Waals surface area contributed by atoms with E-state index in [4.69, 9.17) is 0 Å². The first-order chi connectivity index (χ1) is 4.91. The molecule has 0 aliphatic carbocycles. The van der Waals surface area contributed by atoms with Crippen molar-refractivity contribution in [1.29, 1.82) is 0 Å². The first-order valence-corrected chi connectivity index (χ1v) is 4.36. The molecule has 0 saturated heterocycles. The van der Waals surface area contributed by atoms with Gasteiger partial charge in [-0.3, -0.25) is 0 Å². The first kappa shape index (κ1) is 19.1. The van der Waals surface area contributed by atoms with E-state index >= 15 is 0 Å². The third kappa shape index (κ3) is 17.5. The van der Waals surface area contributed by atoms with E-state index in [0.29, 0.717) is 0 Å². The van der Waals surface area contributed by atoms with E-state index in [0.717, 1.165) is 0 Å². The van der Waals surface area contributed by atoms with Crippen LogP contribution in [0.5, 0.6) is 0 Å². The molecule has 0 radical (unpaired) electrons. The Bertz CT molecular complexity index is 81.9. The fourth-order valence-corrected chi connectivity index (χ4v) is 0.984. The van der Waals surface area contributed by atoms with Gasteiger partial charge in [0.25, 0.3) is 0 Å². The molecule has 68 valence electrons. The molecule has 0 aliphatic heterocycles. The van der Waals surface area contributed by atoms with Crippen molar-refractivity contribution in [3.8, 4) is 0 Å². The molecule has 0 bridgehead atoms. The average Bonchev–Trinajstić information content (AvgIpc) is 1.97. The van der Waals surface area contributed by atoms with Crippen LogP contribution in [0, 0.1) is 6.92 Å². The maximum Gasteiger partial charge on any atom is 2.00 e. The van der Waals surface area contributed by atoms with Gasteiger partial charge in [0.05, 0.1) is 0 Å². The molecule has 0 aromatic heterocycles. The van der Waals surface area contributed by atoms with E-state index in [1.165, 1.54) is 38.5 Å². The zero-order valence-corrected chi connectivity index (χ0v) is 13.4. The molecule has 0 aromatic rings. The molecule has 12 heavy (non-hydrogen) atoms. The SMILES string of the molecule is [Ba+2].[CH2-]/C=C\CCCCCCC.[Cl-]. The maximum atomic E-state index is 3.64. The van der Waals surface area contributed by atoms with Gasteiger partial charge in [0, 0.05) is 0 Å². The standard InChI is InChI=1S/C10H19.Ba.ClH/c1-3-5-7-9-10-8-6-4-2;;/h3,5H,1,4,6-10H2,2H3;;1H/q-1;+2;/p-1/b5-3-;;. The van der Waals surface area contributed by atoms with Crippen LogP contribution in [-0.4, -0.2) is 48.9 Å². The van der Waals surface area contributed by atoms with Crippen LogP contribution in [0.2, 0.25) is 0 Å². The zero-order chi connectivity index (χ0) is 7.66. The van der Waals surface area contributed by atoms with Crippen LogP contribution >= 0.6 is 0 Å². The molecule has 0 spiro atoms. The minimum atomic E-state index is 0. The Morgan fingerprint density at radius 1 is 1.08 bits per heavy atom. The molecular formula is C10H19BaCl. The Kier molecular flexibility index (Phi) is 29.1. The molecular weight excluding hydrogens is 293 g/mol. The smallest absolute Gasteiger partial charge is 1.00 e. The summed E-state index contributed by atoms with van der Waals surface area (Å²) in [6, 6.07) is 0. The van der Waals surface area contributed by atoms with Gasteiger partial charge < -0.3 is 12.4 Å². The van der Waals surface area contributed by atoms with E-state index in [-0.39, 0.29) is 61.3 Å². The molecule has 0 unspecified atom stereocenters. The van der Waals surface area contributed by atoms with Gasteiger partial charge in [-0.25, -0.2) is 19.1 Å². The molecule has 0 amide bonds. The zero-order valence-electron chi connectivity index (χ0n) is 8.19. The Balaban J connectivity index is -0.000000405. The molecule has 2 heteroatoms. The van der Waals surface area contributed by atoms with Crippen LogP contribution in [0.1, 0.15) is 45.4 Å². The molecule has 0 saturated carbocycles. The molecule has 0 N–H and O–H groups in total. The van der Waals surface area contributed by atoms with Crippen molar-refractivity contribution in [2.75, 3.05) is 0 Å². The second-order valence-corrected chi connectivity index (χ2v) is 2.67. The second kappa shape index (κ2) is 18.3. The summed E-state index contributed by atoms with van der Waals surface area (Å²) in [4.78, 5) is 0. The molecule has 0 aromatic carbocycles. The number of halogens is 1. The Labute approximate surface area is 124 Å². The number of allylic oxidation sites excluding steroid dienone is 2. The average molecular weight is 312 g/mol.